The van der Waals surface area contributed by atoms with Gasteiger partial charge in [-0.25, -0.2) is 4.98 Å². The van der Waals surface area contributed by atoms with Crippen LogP contribution in [0.3, 0.4) is 0 Å². The van der Waals surface area contributed by atoms with Crippen molar-refractivity contribution in [3.05, 3.63) is 53.7 Å². The van der Waals surface area contributed by atoms with Gasteiger partial charge in [0.05, 0.1) is 23.9 Å². The second kappa shape index (κ2) is 5.04. The SMILES string of the molecule is Cc1oc(Cn2cnc3ccccc32)cc1CNC1CC1. The van der Waals surface area contributed by atoms with Gasteiger partial charge in [0.25, 0.3) is 0 Å². The normalized spacial score (nSPS) is 14.9. The van der Waals surface area contributed by atoms with E-state index in [4.69, 9.17) is 4.42 Å². The number of hydrogen-bond donors (Lipinski definition) is 1. The summed E-state index contributed by atoms with van der Waals surface area (Å²) in [5.74, 6) is 2.01. The molecule has 0 saturated heterocycles. The summed E-state index contributed by atoms with van der Waals surface area (Å²) in [5, 5.41) is 3.54. The third-order valence-corrected chi connectivity index (χ3v) is 4.08. The van der Waals surface area contributed by atoms with Crippen molar-refractivity contribution in [1.82, 2.24) is 14.9 Å². The van der Waals surface area contributed by atoms with Crippen LogP contribution in [-0.4, -0.2) is 15.6 Å². The minimum Gasteiger partial charge on any atom is -0.464 e. The molecule has 2 aromatic heterocycles. The highest BCUT2D eigenvalue weighted by atomic mass is 16.3. The van der Waals surface area contributed by atoms with E-state index in [1.165, 1.54) is 18.4 Å². The van der Waals surface area contributed by atoms with Gasteiger partial charge in [0.1, 0.15) is 11.5 Å². The molecule has 4 rings (SSSR count). The molecule has 0 unspecified atom stereocenters. The molecule has 3 aromatic rings. The summed E-state index contributed by atoms with van der Waals surface area (Å²) in [7, 11) is 0. The Morgan fingerprint density at radius 2 is 2.19 bits per heavy atom. The highest BCUT2D eigenvalue weighted by Crippen LogP contribution is 2.22. The van der Waals surface area contributed by atoms with Crippen LogP contribution in [-0.2, 0) is 13.1 Å². The lowest BCUT2D eigenvalue weighted by molar-refractivity contribution is 0.468. The molecule has 108 valence electrons. The maximum atomic E-state index is 5.90. The lowest BCUT2D eigenvalue weighted by Gasteiger charge is -2.00. The first kappa shape index (κ1) is 12.7. The van der Waals surface area contributed by atoms with Crippen molar-refractivity contribution in [3.8, 4) is 0 Å². The Labute approximate surface area is 123 Å². The quantitative estimate of drug-likeness (QED) is 0.780. The number of nitrogens with one attached hydrogen (secondary N) is 1. The monoisotopic (exact) mass is 281 g/mol. The van der Waals surface area contributed by atoms with Gasteiger partial charge in [-0.1, -0.05) is 12.1 Å². The van der Waals surface area contributed by atoms with E-state index in [0.717, 1.165) is 41.7 Å². The predicted molar refractivity (Wildman–Crippen MR) is 82.1 cm³/mol. The summed E-state index contributed by atoms with van der Waals surface area (Å²) >= 11 is 0. The molecule has 0 bridgehead atoms. The number of rotatable bonds is 5. The fraction of sp³-hybridized carbons (Fsp3) is 0.353. The van der Waals surface area contributed by atoms with E-state index in [9.17, 15) is 0 Å². The van der Waals surface area contributed by atoms with Gasteiger partial charge in [0.2, 0.25) is 0 Å². The van der Waals surface area contributed by atoms with Crippen molar-refractivity contribution in [1.29, 1.82) is 0 Å². The number of aromatic nitrogens is 2. The number of nitrogens with zero attached hydrogens (tertiary/aromatic N) is 2. The molecule has 21 heavy (non-hydrogen) atoms. The van der Waals surface area contributed by atoms with Gasteiger partial charge in [0, 0.05) is 18.2 Å². The Morgan fingerprint density at radius 3 is 3.05 bits per heavy atom. The summed E-state index contributed by atoms with van der Waals surface area (Å²) in [6.45, 7) is 3.68. The summed E-state index contributed by atoms with van der Waals surface area (Å²) in [5.41, 5.74) is 3.43. The molecular formula is C17H19N3O. The zero-order chi connectivity index (χ0) is 14.2. The van der Waals surface area contributed by atoms with E-state index < -0.39 is 0 Å². The standard InChI is InChI=1S/C17H19N3O/c1-12-13(9-18-14-6-7-14)8-15(21-12)10-20-11-19-16-4-2-3-5-17(16)20/h2-5,8,11,14,18H,6-7,9-10H2,1H3. The highest BCUT2D eigenvalue weighted by Gasteiger charge is 2.21. The van der Waals surface area contributed by atoms with Crippen LogP contribution in [0, 0.1) is 6.92 Å². The smallest absolute Gasteiger partial charge is 0.124 e. The largest absolute Gasteiger partial charge is 0.464 e. The highest BCUT2D eigenvalue weighted by molar-refractivity contribution is 5.74. The third kappa shape index (κ3) is 2.59. The Bertz CT molecular complexity index is 767. The fourth-order valence-corrected chi connectivity index (χ4v) is 2.69. The molecule has 2 heterocycles. The van der Waals surface area contributed by atoms with E-state index in [-0.39, 0.29) is 0 Å². The maximum Gasteiger partial charge on any atom is 0.124 e. The van der Waals surface area contributed by atoms with E-state index in [2.05, 4.69) is 27.0 Å². The average Bonchev–Trinajstić information content (AvgIpc) is 3.14. The Hall–Kier alpha value is -2.07. The van der Waals surface area contributed by atoms with Crippen LogP contribution in [0.15, 0.2) is 41.1 Å². The molecule has 0 spiro atoms. The van der Waals surface area contributed by atoms with E-state index in [1.807, 2.05) is 31.5 Å². The molecule has 1 aromatic carbocycles. The minimum absolute atomic E-state index is 0.723. The van der Waals surface area contributed by atoms with Gasteiger partial charge in [-0.15, -0.1) is 0 Å². The van der Waals surface area contributed by atoms with Gasteiger partial charge in [-0.05, 0) is 38.0 Å². The summed E-state index contributed by atoms with van der Waals surface area (Å²) in [6, 6.07) is 11.1. The zero-order valence-corrected chi connectivity index (χ0v) is 12.2. The lowest BCUT2D eigenvalue weighted by Crippen LogP contribution is -2.15. The Kier molecular flexibility index (Phi) is 3.04. The average molecular weight is 281 g/mol. The Morgan fingerprint density at radius 1 is 1.33 bits per heavy atom. The van der Waals surface area contributed by atoms with Gasteiger partial charge >= 0.3 is 0 Å². The molecule has 0 aliphatic heterocycles. The number of imidazole rings is 1. The van der Waals surface area contributed by atoms with Gasteiger partial charge < -0.3 is 14.3 Å². The molecule has 1 aliphatic carbocycles. The summed E-state index contributed by atoms with van der Waals surface area (Å²) in [6.07, 6.45) is 4.50. The number of aryl methyl sites for hydroxylation is 1. The van der Waals surface area contributed by atoms with E-state index in [0.29, 0.717) is 0 Å². The second-order valence-electron chi connectivity index (χ2n) is 5.81. The van der Waals surface area contributed by atoms with Crippen LogP contribution in [0.1, 0.15) is 29.9 Å². The molecule has 4 heteroatoms. The molecule has 1 N–H and O–H groups in total. The molecular weight excluding hydrogens is 262 g/mol. The van der Waals surface area contributed by atoms with Crippen LogP contribution in [0.2, 0.25) is 0 Å². The van der Waals surface area contributed by atoms with Crippen LogP contribution in [0.5, 0.6) is 0 Å². The van der Waals surface area contributed by atoms with Crippen LogP contribution in [0.25, 0.3) is 11.0 Å². The van der Waals surface area contributed by atoms with E-state index >= 15 is 0 Å². The summed E-state index contributed by atoms with van der Waals surface area (Å²) in [4.78, 5) is 4.42. The molecule has 0 amide bonds. The molecule has 0 atom stereocenters. The second-order valence-corrected chi connectivity index (χ2v) is 5.81. The van der Waals surface area contributed by atoms with Crippen molar-refractivity contribution < 1.29 is 4.42 Å². The lowest BCUT2D eigenvalue weighted by atomic mass is 10.2. The van der Waals surface area contributed by atoms with Gasteiger partial charge in [-0.2, -0.15) is 0 Å². The maximum absolute atomic E-state index is 5.90. The summed E-state index contributed by atoms with van der Waals surface area (Å²) < 4.78 is 8.03. The molecule has 1 fully saturated rings. The molecule has 1 saturated carbocycles. The zero-order valence-electron chi connectivity index (χ0n) is 12.2. The van der Waals surface area contributed by atoms with Crippen LogP contribution < -0.4 is 5.32 Å². The van der Waals surface area contributed by atoms with Gasteiger partial charge in [-0.3, -0.25) is 0 Å². The van der Waals surface area contributed by atoms with Crippen LogP contribution in [0.4, 0.5) is 0 Å². The van der Waals surface area contributed by atoms with Crippen molar-refractivity contribution in [2.45, 2.75) is 38.9 Å². The number of fused-ring (bicyclic) bond motifs is 1. The van der Waals surface area contributed by atoms with Crippen molar-refractivity contribution >= 4 is 11.0 Å². The first-order valence-corrected chi connectivity index (χ1v) is 7.51. The molecule has 4 nitrogen and oxygen atoms in total. The number of benzene rings is 1. The Balaban J connectivity index is 1.54. The molecule has 0 radical (unpaired) electrons. The first-order chi connectivity index (χ1) is 10.3. The van der Waals surface area contributed by atoms with Crippen molar-refractivity contribution in [2.75, 3.05) is 0 Å². The molecule has 1 aliphatic rings. The van der Waals surface area contributed by atoms with Crippen molar-refractivity contribution in [3.63, 3.8) is 0 Å². The van der Waals surface area contributed by atoms with Crippen molar-refractivity contribution in [2.24, 2.45) is 0 Å². The van der Waals surface area contributed by atoms with Crippen LogP contribution >= 0.6 is 0 Å². The first-order valence-electron chi connectivity index (χ1n) is 7.51. The topological polar surface area (TPSA) is 43.0 Å². The number of para-hydroxylation sites is 2. The minimum atomic E-state index is 0.723. The van der Waals surface area contributed by atoms with E-state index in [1.54, 1.807) is 0 Å². The number of hydrogen-bond acceptors (Lipinski definition) is 3. The van der Waals surface area contributed by atoms with Gasteiger partial charge in [0.15, 0.2) is 0 Å². The fourth-order valence-electron chi connectivity index (χ4n) is 2.69. The predicted octanol–water partition coefficient (Wildman–Crippen LogP) is 3.24. The third-order valence-electron chi connectivity index (χ3n) is 4.08. The number of furan rings is 1.